The van der Waals surface area contributed by atoms with Gasteiger partial charge in [-0.1, -0.05) is 12.1 Å². The summed E-state index contributed by atoms with van der Waals surface area (Å²) < 4.78 is 15.2. The van der Waals surface area contributed by atoms with Gasteiger partial charge in [0.1, 0.15) is 17.7 Å². The van der Waals surface area contributed by atoms with Gasteiger partial charge in [-0.15, -0.1) is 0 Å². The first kappa shape index (κ1) is 16.6. The molecule has 24 heavy (non-hydrogen) atoms. The number of aryl methyl sites for hydroxylation is 1. The topological polar surface area (TPSA) is 41.4 Å². The second-order valence-corrected chi connectivity index (χ2v) is 6.29. The van der Waals surface area contributed by atoms with E-state index in [0.717, 1.165) is 31.0 Å². The molecule has 0 aliphatic carbocycles. The molecule has 2 aromatic rings. The van der Waals surface area contributed by atoms with Crippen LogP contribution in [-0.2, 0) is 11.3 Å². The Morgan fingerprint density at radius 2 is 2.04 bits per heavy atom. The number of nitrogens with zero attached hydrogens (tertiary/aromatic N) is 4. The number of carbonyl (C=O) groups excluding carboxylic acids is 1. The van der Waals surface area contributed by atoms with Crippen molar-refractivity contribution >= 4 is 5.91 Å². The maximum atomic E-state index is 13.3. The highest BCUT2D eigenvalue weighted by Gasteiger charge is 2.26. The molecule has 1 aromatic carbocycles. The highest BCUT2D eigenvalue weighted by atomic mass is 19.1. The van der Waals surface area contributed by atoms with Crippen molar-refractivity contribution in [3.05, 3.63) is 53.9 Å². The molecule has 0 spiro atoms. The van der Waals surface area contributed by atoms with Crippen LogP contribution in [-0.4, -0.2) is 51.4 Å². The van der Waals surface area contributed by atoms with Crippen LogP contribution in [0.1, 0.15) is 24.4 Å². The van der Waals surface area contributed by atoms with E-state index in [1.807, 2.05) is 35.6 Å². The summed E-state index contributed by atoms with van der Waals surface area (Å²) in [7, 11) is 0. The number of hydrogen-bond acceptors (Lipinski definition) is 3. The van der Waals surface area contributed by atoms with Crippen LogP contribution in [0.15, 0.2) is 36.7 Å². The van der Waals surface area contributed by atoms with Gasteiger partial charge in [-0.05, 0) is 31.5 Å². The van der Waals surface area contributed by atoms with Gasteiger partial charge >= 0.3 is 0 Å². The Bertz CT molecular complexity index is 707. The van der Waals surface area contributed by atoms with Crippen molar-refractivity contribution < 1.29 is 9.18 Å². The second kappa shape index (κ2) is 7.13. The van der Waals surface area contributed by atoms with Gasteiger partial charge in [0.15, 0.2) is 0 Å². The summed E-state index contributed by atoms with van der Waals surface area (Å²) in [5, 5.41) is 0. The molecule has 3 rings (SSSR count). The van der Waals surface area contributed by atoms with E-state index in [1.54, 1.807) is 18.3 Å². The van der Waals surface area contributed by atoms with Gasteiger partial charge in [0.05, 0.1) is 0 Å². The van der Waals surface area contributed by atoms with E-state index >= 15 is 0 Å². The molecule has 2 heterocycles. The van der Waals surface area contributed by atoms with E-state index in [2.05, 4.69) is 9.88 Å². The van der Waals surface area contributed by atoms with Crippen LogP contribution in [0.5, 0.6) is 0 Å². The molecule has 1 fully saturated rings. The average Bonchev–Trinajstić information content (AvgIpc) is 3.00. The van der Waals surface area contributed by atoms with E-state index in [0.29, 0.717) is 13.1 Å². The molecule has 1 saturated heterocycles. The summed E-state index contributed by atoms with van der Waals surface area (Å²) in [5.41, 5.74) is 0.970. The van der Waals surface area contributed by atoms with Crippen molar-refractivity contribution in [3.8, 4) is 0 Å². The first-order chi connectivity index (χ1) is 11.5. The van der Waals surface area contributed by atoms with E-state index in [9.17, 15) is 9.18 Å². The summed E-state index contributed by atoms with van der Waals surface area (Å²) in [4.78, 5) is 21.0. The zero-order chi connectivity index (χ0) is 17.1. The SMILES string of the molecule is Cc1nccn1[C@@H](C)C(=O)N1CCN(Cc2cccc(F)c2)CC1. The molecular weight excluding hydrogens is 307 g/mol. The average molecular weight is 330 g/mol. The fourth-order valence-electron chi connectivity index (χ4n) is 3.20. The summed E-state index contributed by atoms with van der Waals surface area (Å²) in [6, 6.07) is 6.47. The van der Waals surface area contributed by atoms with Crippen LogP contribution in [0.25, 0.3) is 0 Å². The monoisotopic (exact) mass is 330 g/mol. The van der Waals surface area contributed by atoms with Crippen molar-refractivity contribution in [1.29, 1.82) is 0 Å². The molecule has 0 N–H and O–H groups in total. The number of benzene rings is 1. The molecule has 1 aliphatic heterocycles. The van der Waals surface area contributed by atoms with Gasteiger partial charge in [-0.2, -0.15) is 0 Å². The Morgan fingerprint density at radius 3 is 2.67 bits per heavy atom. The third-order valence-electron chi connectivity index (χ3n) is 4.62. The fourth-order valence-corrected chi connectivity index (χ4v) is 3.20. The predicted molar refractivity (Wildman–Crippen MR) is 89.9 cm³/mol. The maximum Gasteiger partial charge on any atom is 0.245 e. The lowest BCUT2D eigenvalue weighted by molar-refractivity contribution is -0.136. The van der Waals surface area contributed by atoms with E-state index in [-0.39, 0.29) is 17.8 Å². The fraction of sp³-hybridized carbons (Fsp3) is 0.444. The van der Waals surface area contributed by atoms with Crippen molar-refractivity contribution in [3.63, 3.8) is 0 Å². The Kier molecular flexibility index (Phi) is 4.94. The molecule has 0 saturated carbocycles. The highest BCUT2D eigenvalue weighted by molar-refractivity contribution is 5.80. The largest absolute Gasteiger partial charge is 0.338 e. The Hall–Kier alpha value is -2.21. The molecule has 0 unspecified atom stereocenters. The number of halogens is 1. The number of piperazine rings is 1. The predicted octanol–water partition coefficient (Wildman–Crippen LogP) is 2.24. The highest BCUT2D eigenvalue weighted by Crippen LogP contribution is 2.15. The van der Waals surface area contributed by atoms with Crippen LogP contribution in [0.4, 0.5) is 4.39 Å². The molecule has 0 bridgehead atoms. The van der Waals surface area contributed by atoms with E-state index in [4.69, 9.17) is 0 Å². The first-order valence-electron chi connectivity index (χ1n) is 8.29. The van der Waals surface area contributed by atoms with Gasteiger partial charge in [-0.25, -0.2) is 9.37 Å². The van der Waals surface area contributed by atoms with Gasteiger partial charge in [-0.3, -0.25) is 9.69 Å². The molecule has 1 atom stereocenters. The number of imidazole rings is 1. The number of carbonyl (C=O) groups is 1. The zero-order valence-corrected chi connectivity index (χ0v) is 14.2. The molecular formula is C18H23FN4O. The van der Waals surface area contributed by atoms with E-state index in [1.165, 1.54) is 6.07 Å². The summed E-state index contributed by atoms with van der Waals surface area (Å²) in [6.45, 7) is 7.54. The van der Waals surface area contributed by atoms with Crippen LogP contribution >= 0.6 is 0 Å². The van der Waals surface area contributed by atoms with Crippen LogP contribution in [0.2, 0.25) is 0 Å². The maximum absolute atomic E-state index is 13.3. The third kappa shape index (κ3) is 3.64. The summed E-state index contributed by atoms with van der Waals surface area (Å²) >= 11 is 0. The molecule has 5 nitrogen and oxygen atoms in total. The third-order valence-corrected chi connectivity index (χ3v) is 4.62. The minimum Gasteiger partial charge on any atom is -0.338 e. The molecule has 1 aliphatic rings. The zero-order valence-electron chi connectivity index (χ0n) is 14.2. The Balaban J connectivity index is 1.55. The number of aromatic nitrogens is 2. The summed E-state index contributed by atoms with van der Waals surface area (Å²) in [5.74, 6) is 0.771. The van der Waals surface area contributed by atoms with Crippen molar-refractivity contribution in [2.45, 2.75) is 26.4 Å². The number of amides is 1. The second-order valence-electron chi connectivity index (χ2n) is 6.29. The molecule has 128 valence electrons. The molecule has 1 aromatic heterocycles. The van der Waals surface area contributed by atoms with Gasteiger partial charge < -0.3 is 9.47 Å². The first-order valence-corrected chi connectivity index (χ1v) is 8.29. The van der Waals surface area contributed by atoms with Crippen LogP contribution < -0.4 is 0 Å². The number of hydrogen-bond donors (Lipinski definition) is 0. The van der Waals surface area contributed by atoms with Gasteiger partial charge in [0, 0.05) is 45.1 Å². The minimum atomic E-state index is -0.234. The van der Waals surface area contributed by atoms with Crippen LogP contribution in [0, 0.1) is 12.7 Å². The Labute approximate surface area is 141 Å². The molecule has 6 heteroatoms. The molecule has 0 radical (unpaired) electrons. The minimum absolute atomic E-state index is 0.126. The van der Waals surface area contributed by atoms with Gasteiger partial charge in [0.2, 0.25) is 5.91 Å². The Morgan fingerprint density at radius 1 is 1.29 bits per heavy atom. The van der Waals surface area contributed by atoms with E-state index < -0.39 is 0 Å². The quantitative estimate of drug-likeness (QED) is 0.863. The lowest BCUT2D eigenvalue weighted by Crippen LogP contribution is -2.49. The standard InChI is InChI=1S/C18H23FN4O/c1-14(23-7-6-20-15(23)2)18(24)22-10-8-21(9-11-22)13-16-4-3-5-17(19)12-16/h3-7,12,14H,8-11,13H2,1-2H3/t14-/m0/s1. The van der Waals surface area contributed by atoms with Crippen molar-refractivity contribution in [1.82, 2.24) is 19.4 Å². The smallest absolute Gasteiger partial charge is 0.245 e. The van der Waals surface area contributed by atoms with Gasteiger partial charge in [0.25, 0.3) is 0 Å². The normalized spacial score (nSPS) is 17.0. The van der Waals surface area contributed by atoms with Crippen molar-refractivity contribution in [2.24, 2.45) is 0 Å². The number of rotatable bonds is 4. The lowest BCUT2D eigenvalue weighted by Gasteiger charge is -2.36. The molecule has 1 amide bonds. The van der Waals surface area contributed by atoms with Crippen LogP contribution in [0.3, 0.4) is 0 Å². The summed E-state index contributed by atoms with van der Waals surface area (Å²) in [6.07, 6.45) is 3.56. The lowest BCUT2D eigenvalue weighted by atomic mass is 10.2. The van der Waals surface area contributed by atoms with Crippen molar-refractivity contribution in [2.75, 3.05) is 26.2 Å².